The zero-order valence-electron chi connectivity index (χ0n) is 19.9. The summed E-state index contributed by atoms with van der Waals surface area (Å²) < 4.78 is 33.0. The molecule has 184 valence electrons. The minimum absolute atomic E-state index is 0.261. The fourth-order valence-electron chi connectivity index (χ4n) is 3.18. The van der Waals surface area contributed by atoms with E-state index in [0.29, 0.717) is 5.56 Å². The van der Waals surface area contributed by atoms with Crippen LogP contribution in [0.2, 0.25) is 0 Å². The molecule has 1 heterocycles. The summed E-state index contributed by atoms with van der Waals surface area (Å²) in [5.74, 6) is -0.483. The average Bonchev–Trinajstić information content (AvgIpc) is 2.70. The minimum atomic E-state index is -1.56. The molecule has 0 spiro atoms. The van der Waals surface area contributed by atoms with Crippen molar-refractivity contribution >= 4 is 23.9 Å². The van der Waals surface area contributed by atoms with Gasteiger partial charge in [0.25, 0.3) is 0 Å². The van der Waals surface area contributed by atoms with Crippen LogP contribution in [-0.2, 0) is 42.9 Å². The quantitative estimate of drug-likeness (QED) is 0.342. The van der Waals surface area contributed by atoms with Gasteiger partial charge in [-0.3, -0.25) is 14.4 Å². The van der Waals surface area contributed by atoms with Gasteiger partial charge in [0.05, 0.1) is 0 Å². The van der Waals surface area contributed by atoms with Gasteiger partial charge in [-0.1, -0.05) is 5.92 Å². The van der Waals surface area contributed by atoms with Gasteiger partial charge >= 0.3 is 23.9 Å². The first-order valence-electron chi connectivity index (χ1n) is 10.4. The maximum atomic E-state index is 13.0. The molecule has 5 unspecified atom stereocenters. The summed E-state index contributed by atoms with van der Waals surface area (Å²) in [4.78, 5) is 48.6. The van der Waals surface area contributed by atoms with E-state index in [9.17, 15) is 19.2 Å². The molecule has 0 aliphatic carbocycles. The van der Waals surface area contributed by atoms with E-state index in [1.54, 1.807) is 45.0 Å². The highest BCUT2D eigenvalue weighted by atomic mass is 16.7. The number of terminal acetylenes is 1. The summed E-state index contributed by atoms with van der Waals surface area (Å²) in [7, 11) is 0. The fraction of sp³-hybridized carbons (Fsp3) is 0.500. The average molecular weight is 476 g/mol. The molecule has 0 aromatic heterocycles. The van der Waals surface area contributed by atoms with E-state index in [1.165, 1.54) is 0 Å². The van der Waals surface area contributed by atoms with Crippen molar-refractivity contribution in [2.45, 2.75) is 77.8 Å². The second-order valence-corrected chi connectivity index (χ2v) is 8.47. The Morgan fingerprint density at radius 3 is 1.82 bits per heavy atom. The third-order valence-corrected chi connectivity index (χ3v) is 4.31. The van der Waals surface area contributed by atoms with E-state index >= 15 is 0 Å². The zero-order chi connectivity index (χ0) is 25.6. The SMILES string of the molecule is C#Cc1ccc(OC2OC(C(=O)OC(C)(C)C)C(OC(C)=O)C(OC(C)=O)C2OC(C)=O)cc1. The molecule has 1 fully saturated rings. The number of hydrogen-bond donors (Lipinski definition) is 0. The van der Waals surface area contributed by atoms with Crippen molar-refractivity contribution < 1.29 is 47.6 Å². The second-order valence-electron chi connectivity index (χ2n) is 8.47. The van der Waals surface area contributed by atoms with Crippen molar-refractivity contribution in [2.24, 2.45) is 0 Å². The number of hydrogen-bond acceptors (Lipinski definition) is 10. The van der Waals surface area contributed by atoms with Gasteiger partial charge in [0.1, 0.15) is 11.4 Å². The highest BCUT2D eigenvalue weighted by Crippen LogP contribution is 2.32. The molecule has 0 saturated carbocycles. The molecule has 5 atom stereocenters. The van der Waals surface area contributed by atoms with Gasteiger partial charge in [-0.05, 0) is 45.0 Å². The lowest BCUT2D eigenvalue weighted by molar-refractivity contribution is -0.284. The molecule has 34 heavy (non-hydrogen) atoms. The van der Waals surface area contributed by atoms with Crippen molar-refractivity contribution in [1.29, 1.82) is 0 Å². The Morgan fingerprint density at radius 1 is 0.853 bits per heavy atom. The van der Waals surface area contributed by atoms with Crippen LogP contribution in [0, 0.1) is 12.3 Å². The molecule has 0 bridgehead atoms. The first kappa shape index (κ1) is 26.7. The smallest absolute Gasteiger partial charge is 0.340 e. The van der Waals surface area contributed by atoms with Crippen LogP contribution in [0.5, 0.6) is 5.75 Å². The van der Waals surface area contributed by atoms with Gasteiger partial charge in [0.15, 0.2) is 18.3 Å². The highest BCUT2D eigenvalue weighted by molar-refractivity contribution is 5.77. The topological polar surface area (TPSA) is 124 Å². The number of carbonyl (C=O) groups is 4. The fourth-order valence-corrected chi connectivity index (χ4v) is 3.18. The van der Waals surface area contributed by atoms with Gasteiger partial charge < -0.3 is 28.4 Å². The Morgan fingerprint density at radius 2 is 1.35 bits per heavy atom. The largest absolute Gasteiger partial charge is 0.461 e. The van der Waals surface area contributed by atoms with Gasteiger partial charge in [-0.15, -0.1) is 6.42 Å². The Hall–Kier alpha value is -3.58. The molecule has 10 heteroatoms. The van der Waals surface area contributed by atoms with Gasteiger partial charge in [0.2, 0.25) is 12.4 Å². The van der Waals surface area contributed by atoms with Crippen LogP contribution >= 0.6 is 0 Å². The van der Waals surface area contributed by atoms with Crippen molar-refractivity contribution in [3.63, 3.8) is 0 Å². The number of rotatable bonds is 6. The molecule has 0 radical (unpaired) electrons. The molecule has 1 saturated heterocycles. The monoisotopic (exact) mass is 476 g/mol. The van der Waals surface area contributed by atoms with Crippen LogP contribution in [0.1, 0.15) is 47.1 Å². The lowest BCUT2D eigenvalue weighted by atomic mass is 9.97. The molecule has 2 rings (SSSR count). The molecular formula is C24H28O10. The molecule has 0 N–H and O–H groups in total. The minimum Gasteiger partial charge on any atom is -0.461 e. The summed E-state index contributed by atoms with van der Waals surface area (Å²) >= 11 is 0. The van der Waals surface area contributed by atoms with Crippen molar-refractivity contribution in [3.05, 3.63) is 29.8 Å². The predicted molar refractivity (Wildman–Crippen MR) is 116 cm³/mol. The van der Waals surface area contributed by atoms with E-state index in [0.717, 1.165) is 20.8 Å². The highest BCUT2D eigenvalue weighted by Gasteiger charge is 2.56. The molecular weight excluding hydrogens is 448 g/mol. The Bertz CT molecular complexity index is 953. The third-order valence-electron chi connectivity index (χ3n) is 4.31. The zero-order valence-corrected chi connectivity index (χ0v) is 19.9. The maximum Gasteiger partial charge on any atom is 0.340 e. The summed E-state index contributed by atoms with van der Waals surface area (Å²) in [6, 6.07) is 6.31. The summed E-state index contributed by atoms with van der Waals surface area (Å²) in [6.45, 7) is 8.27. The lowest BCUT2D eigenvalue weighted by Crippen LogP contribution is -2.64. The molecule has 1 aliphatic heterocycles. The summed E-state index contributed by atoms with van der Waals surface area (Å²) in [6.07, 6.45) is -1.94. The van der Waals surface area contributed by atoms with Crippen LogP contribution in [0.15, 0.2) is 24.3 Å². The van der Waals surface area contributed by atoms with E-state index in [-0.39, 0.29) is 5.75 Å². The Labute approximate surface area is 197 Å². The third kappa shape index (κ3) is 7.49. The van der Waals surface area contributed by atoms with E-state index in [1.807, 2.05) is 0 Å². The number of ether oxygens (including phenoxy) is 6. The van der Waals surface area contributed by atoms with E-state index in [4.69, 9.17) is 34.8 Å². The lowest BCUT2D eigenvalue weighted by Gasteiger charge is -2.43. The molecule has 1 aromatic carbocycles. The maximum absolute atomic E-state index is 13.0. The molecule has 0 amide bonds. The van der Waals surface area contributed by atoms with Crippen LogP contribution < -0.4 is 4.74 Å². The Kier molecular flexibility index (Phi) is 8.65. The van der Waals surface area contributed by atoms with Crippen molar-refractivity contribution in [3.8, 4) is 18.1 Å². The first-order chi connectivity index (χ1) is 15.8. The van der Waals surface area contributed by atoms with E-state index in [2.05, 4.69) is 5.92 Å². The van der Waals surface area contributed by atoms with Gasteiger partial charge in [-0.25, -0.2) is 4.79 Å². The number of esters is 4. The summed E-state index contributed by atoms with van der Waals surface area (Å²) in [5.41, 5.74) is -0.320. The second kappa shape index (κ2) is 11.0. The van der Waals surface area contributed by atoms with Crippen LogP contribution in [0.3, 0.4) is 0 Å². The van der Waals surface area contributed by atoms with E-state index < -0.39 is 60.2 Å². The van der Waals surface area contributed by atoms with Gasteiger partial charge in [-0.2, -0.15) is 0 Å². The first-order valence-corrected chi connectivity index (χ1v) is 10.4. The standard InChI is InChI=1S/C24H28O10/c1-8-16-9-11-17(12-10-16)32-23-21(31-15(4)27)19(30-14(3)26)18(29-13(2)25)20(33-23)22(28)34-24(5,6)7/h1,9-12,18-21,23H,2-7H3. The number of benzene rings is 1. The van der Waals surface area contributed by atoms with Crippen LogP contribution in [-0.4, -0.2) is 60.2 Å². The molecule has 10 nitrogen and oxygen atoms in total. The van der Waals surface area contributed by atoms with Crippen molar-refractivity contribution in [2.75, 3.05) is 0 Å². The predicted octanol–water partition coefficient (Wildman–Crippen LogP) is 1.91. The van der Waals surface area contributed by atoms with Crippen LogP contribution in [0.4, 0.5) is 0 Å². The Balaban J connectivity index is 2.52. The summed E-state index contributed by atoms with van der Waals surface area (Å²) in [5, 5.41) is 0. The normalized spacial score (nSPS) is 24.2. The van der Waals surface area contributed by atoms with Crippen molar-refractivity contribution in [1.82, 2.24) is 0 Å². The molecule has 1 aliphatic rings. The molecule has 1 aromatic rings. The van der Waals surface area contributed by atoms with Crippen LogP contribution in [0.25, 0.3) is 0 Å². The van der Waals surface area contributed by atoms with Gasteiger partial charge in [0, 0.05) is 26.3 Å². The number of carbonyl (C=O) groups excluding carboxylic acids is 4.